The van der Waals surface area contributed by atoms with E-state index in [2.05, 4.69) is 0 Å². The lowest BCUT2D eigenvalue weighted by atomic mass is 9.67. The minimum absolute atomic E-state index is 0.113. The van der Waals surface area contributed by atoms with Crippen molar-refractivity contribution >= 4 is 5.78 Å². The molecule has 4 unspecified atom stereocenters. The summed E-state index contributed by atoms with van der Waals surface area (Å²) in [5.41, 5.74) is -0.162. The van der Waals surface area contributed by atoms with Crippen LogP contribution in [0.1, 0.15) is 11.7 Å². The molecule has 24 heavy (non-hydrogen) atoms. The van der Waals surface area contributed by atoms with E-state index in [0.29, 0.717) is 0 Å². The fraction of sp³-hybridized carbons (Fsp3) is 0.389. The molecule has 1 heterocycles. The number of hydrogen-bond acceptors (Lipinski definition) is 6. The summed E-state index contributed by atoms with van der Waals surface area (Å²) in [6.45, 7) is -0.731. The number of carbonyl (C=O) groups is 1. The van der Waals surface area contributed by atoms with Gasteiger partial charge in [0.2, 0.25) is 0 Å². The third-order valence-electron chi connectivity index (χ3n) is 4.82. The maximum Gasteiger partial charge on any atom is 0.178 e. The fourth-order valence-corrected chi connectivity index (χ4v) is 3.59. The summed E-state index contributed by atoms with van der Waals surface area (Å²) in [6.07, 6.45) is 3.54. The Labute approximate surface area is 139 Å². The molecule has 1 aromatic rings. The Balaban J connectivity index is 2.04. The molecule has 0 saturated carbocycles. The van der Waals surface area contributed by atoms with Crippen LogP contribution in [0.3, 0.4) is 0 Å². The van der Waals surface area contributed by atoms with Crippen LogP contribution in [0.2, 0.25) is 0 Å². The van der Waals surface area contributed by atoms with Gasteiger partial charge in [-0.05, 0) is 29.8 Å². The van der Waals surface area contributed by atoms with Gasteiger partial charge in [-0.15, -0.1) is 0 Å². The van der Waals surface area contributed by atoms with Gasteiger partial charge in [-0.1, -0.05) is 24.3 Å². The molecule has 1 aromatic carbocycles. The first-order valence-corrected chi connectivity index (χ1v) is 7.78. The number of benzene rings is 1. The van der Waals surface area contributed by atoms with Crippen molar-refractivity contribution in [3.05, 3.63) is 54.1 Å². The maximum absolute atomic E-state index is 11.5. The van der Waals surface area contributed by atoms with Crippen LogP contribution in [0.4, 0.5) is 0 Å². The summed E-state index contributed by atoms with van der Waals surface area (Å²) in [7, 11) is 0. The zero-order valence-corrected chi connectivity index (χ0v) is 12.9. The standard InChI is InChI=1S/C18H20O6/c19-9-14-16(11-1-3-12(21)4-2-11)24-17(15(23)10-20)18(14)7-5-13(22)6-8-18/h1-8,14-17,19-21,23H,9-10H2. The van der Waals surface area contributed by atoms with Crippen molar-refractivity contribution < 1.29 is 30.0 Å². The number of ketones is 1. The highest BCUT2D eigenvalue weighted by molar-refractivity contribution is 6.00. The molecule has 0 aromatic heterocycles. The van der Waals surface area contributed by atoms with E-state index in [1.165, 1.54) is 24.3 Å². The van der Waals surface area contributed by atoms with Crippen LogP contribution in [0.15, 0.2) is 48.6 Å². The van der Waals surface area contributed by atoms with E-state index in [1.807, 2.05) is 0 Å². The van der Waals surface area contributed by atoms with Gasteiger partial charge in [0.05, 0.1) is 18.8 Å². The minimum atomic E-state index is -1.16. The van der Waals surface area contributed by atoms with Crippen molar-refractivity contribution in [3.63, 3.8) is 0 Å². The van der Waals surface area contributed by atoms with Gasteiger partial charge in [0.25, 0.3) is 0 Å². The van der Waals surface area contributed by atoms with Crippen LogP contribution in [0.25, 0.3) is 0 Å². The summed E-state index contributed by atoms with van der Waals surface area (Å²) in [5, 5.41) is 39.0. The smallest absolute Gasteiger partial charge is 0.178 e. The second-order valence-corrected chi connectivity index (χ2v) is 6.18. The summed E-state index contributed by atoms with van der Waals surface area (Å²) < 4.78 is 6.01. The molecule has 1 aliphatic carbocycles. The molecule has 2 aliphatic rings. The first kappa shape index (κ1) is 16.9. The normalized spacial score (nSPS) is 29.3. The lowest BCUT2D eigenvalue weighted by Gasteiger charge is -2.35. The van der Waals surface area contributed by atoms with Crippen LogP contribution in [0.5, 0.6) is 5.75 Å². The molecule has 6 heteroatoms. The first-order valence-electron chi connectivity index (χ1n) is 7.78. The van der Waals surface area contributed by atoms with Gasteiger partial charge in [0.1, 0.15) is 11.9 Å². The third-order valence-corrected chi connectivity index (χ3v) is 4.82. The number of carbonyl (C=O) groups excluding carboxylic acids is 1. The van der Waals surface area contributed by atoms with Crippen LogP contribution in [0, 0.1) is 11.3 Å². The highest BCUT2D eigenvalue weighted by atomic mass is 16.5. The lowest BCUT2D eigenvalue weighted by Crippen LogP contribution is -2.44. The minimum Gasteiger partial charge on any atom is -0.508 e. The van der Waals surface area contributed by atoms with Crippen molar-refractivity contribution in [2.45, 2.75) is 18.3 Å². The Bertz CT molecular complexity index is 647. The largest absolute Gasteiger partial charge is 0.508 e. The zero-order valence-electron chi connectivity index (χ0n) is 12.9. The van der Waals surface area contributed by atoms with Crippen LogP contribution in [-0.4, -0.2) is 51.6 Å². The van der Waals surface area contributed by atoms with Crippen molar-refractivity contribution in [3.8, 4) is 5.75 Å². The van der Waals surface area contributed by atoms with Crippen LogP contribution in [-0.2, 0) is 9.53 Å². The average Bonchev–Trinajstić information content (AvgIpc) is 2.91. The number of phenolic OH excluding ortho intramolecular Hbond substituents is 1. The van der Waals surface area contributed by atoms with Gasteiger partial charge in [-0.3, -0.25) is 4.79 Å². The van der Waals surface area contributed by atoms with E-state index in [1.54, 1.807) is 24.3 Å². The summed E-state index contributed by atoms with van der Waals surface area (Å²) in [4.78, 5) is 11.5. The average molecular weight is 332 g/mol. The first-order chi connectivity index (χ1) is 11.5. The Kier molecular flexibility index (Phi) is 4.56. The van der Waals surface area contributed by atoms with Crippen molar-refractivity contribution in [2.75, 3.05) is 13.2 Å². The molecule has 4 N–H and O–H groups in total. The zero-order chi connectivity index (χ0) is 17.3. The molecule has 0 bridgehead atoms. The van der Waals surface area contributed by atoms with Crippen LogP contribution < -0.4 is 0 Å². The Morgan fingerprint density at radius 1 is 1.12 bits per heavy atom. The fourth-order valence-electron chi connectivity index (χ4n) is 3.59. The van der Waals surface area contributed by atoms with E-state index in [-0.39, 0.29) is 18.1 Å². The molecule has 1 aliphatic heterocycles. The van der Waals surface area contributed by atoms with Gasteiger partial charge in [-0.2, -0.15) is 0 Å². The second kappa shape index (κ2) is 6.49. The molecule has 0 amide bonds. The number of ether oxygens (including phenoxy) is 1. The summed E-state index contributed by atoms with van der Waals surface area (Å²) >= 11 is 0. The Hall–Kier alpha value is -1.99. The molecule has 3 rings (SSSR count). The summed E-state index contributed by atoms with van der Waals surface area (Å²) in [5.74, 6) is -0.515. The number of rotatable bonds is 4. The van der Waals surface area contributed by atoms with E-state index >= 15 is 0 Å². The molecule has 6 nitrogen and oxygen atoms in total. The van der Waals surface area contributed by atoms with E-state index < -0.39 is 36.3 Å². The number of hydrogen-bond donors (Lipinski definition) is 4. The molecular formula is C18H20O6. The van der Waals surface area contributed by atoms with E-state index in [9.17, 15) is 25.2 Å². The van der Waals surface area contributed by atoms with Crippen molar-refractivity contribution in [2.24, 2.45) is 11.3 Å². The van der Waals surface area contributed by atoms with Crippen LogP contribution >= 0.6 is 0 Å². The number of allylic oxidation sites excluding steroid dienone is 2. The topological polar surface area (TPSA) is 107 Å². The van der Waals surface area contributed by atoms with Gasteiger partial charge < -0.3 is 25.2 Å². The Morgan fingerprint density at radius 3 is 2.29 bits per heavy atom. The van der Waals surface area contributed by atoms with Gasteiger partial charge in [-0.25, -0.2) is 0 Å². The third kappa shape index (κ3) is 2.67. The number of aromatic hydroxyl groups is 1. The van der Waals surface area contributed by atoms with Gasteiger partial charge in [0.15, 0.2) is 5.78 Å². The molecule has 1 saturated heterocycles. The number of phenols is 1. The molecular weight excluding hydrogens is 312 g/mol. The SMILES string of the molecule is O=C1C=CC2(C=C1)C(CO)C(c1ccc(O)cc1)OC2C(O)CO. The lowest BCUT2D eigenvalue weighted by molar-refractivity contribution is -0.110. The molecule has 1 fully saturated rings. The molecule has 4 atom stereocenters. The molecule has 0 radical (unpaired) electrons. The van der Waals surface area contributed by atoms with Crippen molar-refractivity contribution in [1.29, 1.82) is 0 Å². The highest BCUT2D eigenvalue weighted by Crippen LogP contribution is 2.54. The number of aliphatic hydroxyl groups is 3. The quantitative estimate of drug-likeness (QED) is 0.639. The molecule has 1 spiro atoms. The van der Waals surface area contributed by atoms with E-state index in [4.69, 9.17) is 4.74 Å². The van der Waals surface area contributed by atoms with Gasteiger partial charge >= 0.3 is 0 Å². The van der Waals surface area contributed by atoms with E-state index in [0.717, 1.165) is 5.56 Å². The predicted octanol–water partition coefficient (Wildman–Crippen LogP) is 0.475. The van der Waals surface area contributed by atoms with Crippen molar-refractivity contribution in [1.82, 2.24) is 0 Å². The molecule has 128 valence electrons. The number of aliphatic hydroxyl groups excluding tert-OH is 3. The maximum atomic E-state index is 11.5. The van der Waals surface area contributed by atoms with Gasteiger partial charge in [0, 0.05) is 17.9 Å². The summed E-state index contributed by atoms with van der Waals surface area (Å²) in [6, 6.07) is 6.41. The monoisotopic (exact) mass is 332 g/mol. The second-order valence-electron chi connectivity index (χ2n) is 6.18. The Morgan fingerprint density at radius 2 is 1.75 bits per heavy atom. The highest BCUT2D eigenvalue weighted by Gasteiger charge is 2.56. The predicted molar refractivity (Wildman–Crippen MR) is 85.1 cm³/mol.